The van der Waals surface area contributed by atoms with Crippen molar-refractivity contribution in [3.63, 3.8) is 0 Å². The highest BCUT2D eigenvalue weighted by Gasteiger charge is 2.10. The van der Waals surface area contributed by atoms with Gasteiger partial charge in [0.25, 0.3) is 0 Å². The Morgan fingerprint density at radius 2 is 1.92 bits per heavy atom. The van der Waals surface area contributed by atoms with Gasteiger partial charge in [0.15, 0.2) is 0 Å². The van der Waals surface area contributed by atoms with Gasteiger partial charge in [-0.1, -0.05) is 0 Å². The molecule has 0 rings (SSSR count). The minimum Gasteiger partial charge on any atom is -0.354 e. The van der Waals surface area contributed by atoms with Crippen LogP contribution in [0.2, 0.25) is 0 Å². The van der Waals surface area contributed by atoms with Crippen molar-refractivity contribution in [2.24, 2.45) is 5.73 Å². The Morgan fingerprint density at radius 3 is 2.31 bits per heavy atom. The van der Waals surface area contributed by atoms with Crippen LogP contribution in [-0.4, -0.2) is 23.8 Å². The van der Waals surface area contributed by atoms with Gasteiger partial charge >= 0.3 is 0 Å². The topological polar surface area (TPSA) is 72.2 Å². The SMILES string of the molecule is CC(=O)[C@@H](N)CCC(=O)NC(C)C. The lowest BCUT2D eigenvalue weighted by molar-refractivity contribution is -0.122. The predicted molar refractivity (Wildman–Crippen MR) is 51.2 cm³/mol. The predicted octanol–water partition coefficient (Wildman–Crippen LogP) is 0.208. The van der Waals surface area contributed by atoms with Crippen LogP contribution >= 0.6 is 0 Å². The second-order valence-electron chi connectivity index (χ2n) is 3.48. The summed E-state index contributed by atoms with van der Waals surface area (Å²) in [6, 6.07) is -0.362. The van der Waals surface area contributed by atoms with Crippen molar-refractivity contribution in [1.29, 1.82) is 0 Å². The van der Waals surface area contributed by atoms with Gasteiger partial charge in [0.05, 0.1) is 6.04 Å². The molecule has 0 aliphatic heterocycles. The molecule has 0 bridgehead atoms. The van der Waals surface area contributed by atoms with Crippen molar-refractivity contribution in [3.8, 4) is 0 Å². The lowest BCUT2D eigenvalue weighted by Crippen LogP contribution is -2.33. The fourth-order valence-corrected chi connectivity index (χ4v) is 0.884. The molecule has 0 unspecified atom stereocenters. The molecule has 0 fully saturated rings. The van der Waals surface area contributed by atoms with Crippen LogP contribution in [0.15, 0.2) is 0 Å². The fraction of sp³-hybridized carbons (Fsp3) is 0.778. The Kier molecular flexibility index (Phi) is 5.30. The minimum absolute atomic E-state index is 0.0494. The van der Waals surface area contributed by atoms with Crippen molar-refractivity contribution in [3.05, 3.63) is 0 Å². The summed E-state index contributed by atoms with van der Waals surface area (Å²) in [6.45, 7) is 5.22. The average Bonchev–Trinajstić information content (AvgIpc) is 1.98. The number of ketones is 1. The number of carbonyl (C=O) groups is 2. The quantitative estimate of drug-likeness (QED) is 0.644. The maximum atomic E-state index is 11.1. The van der Waals surface area contributed by atoms with E-state index >= 15 is 0 Å². The standard InChI is InChI=1S/C9H18N2O2/c1-6(2)11-9(13)5-4-8(10)7(3)12/h6,8H,4-5,10H2,1-3H3,(H,11,13)/t8-/m0/s1. The number of nitrogens with one attached hydrogen (secondary N) is 1. The molecule has 13 heavy (non-hydrogen) atoms. The first kappa shape index (κ1) is 12.1. The van der Waals surface area contributed by atoms with Crippen molar-refractivity contribution < 1.29 is 9.59 Å². The Balaban J connectivity index is 3.64. The van der Waals surface area contributed by atoms with Gasteiger partial charge in [0.2, 0.25) is 5.91 Å². The molecule has 0 aliphatic rings. The van der Waals surface area contributed by atoms with E-state index in [0.29, 0.717) is 12.8 Å². The highest BCUT2D eigenvalue weighted by Crippen LogP contribution is 1.96. The van der Waals surface area contributed by atoms with E-state index in [4.69, 9.17) is 5.73 Å². The second kappa shape index (κ2) is 5.70. The highest BCUT2D eigenvalue weighted by molar-refractivity contribution is 5.82. The zero-order chi connectivity index (χ0) is 10.4. The summed E-state index contributed by atoms with van der Waals surface area (Å²) in [7, 11) is 0. The highest BCUT2D eigenvalue weighted by atomic mass is 16.1. The normalized spacial score (nSPS) is 12.7. The van der Waals surface area contributed by atoms with Crippen LogP contribution in [0.1, 0.15) is 33.6 Å². The monoisotopic (exact) mass is 186 g/mol. The lowest BCUT2D eigenvalue weighted by Gasteiger charge is -2.10. The third-order valence-corrected chi connectivity index (χ3v) is 1.65. The Hall–Kier alpha value is -0.900. The molecule has 4 heteroatoms. The first-order chi connectivity index (χ1) is 5.93. The zero-order valence-electron chi connectivity index (χ0n) is 8.46. The smallest absolute Gasteiger partial charge is 0.220 e. The van der Waals surface area contributed by atoms with Crippen LogP contribution in [-0.2, 0) is 9.59 Å². The van der Waals surface area contributed by atoms with E-state index in [-0.39, 0.29) is 17.7 Å². The second-order valence-corrected chi connectivity index (χ2v) is 3.48. The van der Waals surface area contributed by atoms with Gasteiger partial charge in [0.1, 0.15) is 5.78 Å². The van der Waals surface area contributed by atoms with Gasteiger partial charge in [-0.2, -0.15) is 0 Å². The van der Waals surface area contributed by atoms with E-state index in [1.807, 2.05) is 13.8 Å². The average molecular weight is 186 g/mol. The number of hydrogen-bond acceptors (Lipinski definition) is 3. The van der Waals surface area contributed by atoms with E-state index in [1.165, 1.54) is 6.92 Å². The summed E-state index contributed by atoms with van der Waals surface area (Å²) >= 11 is 0. The number of Topliss-reactive ketones (excluding diaryl/α,β-unsaturated/α-hetero) is 1. The van der Waals surface area contributed by atoms with Crippen molar-refractivity contribution in [2.75, 3.05) is 0 Å². The van der Waals surface area contributed by atoms with Crippen molar-refractivity contribution in [1.82, 2.24) is 5.32 Å². The van der Waals surface area contributed by atoms with Gasteiger partial charge in [-0.15, -0.1) is 0 Å². The molecule has 0 spiro atoms. The number of amides is 1. The molecule has 0 saturated heterocycles. The van der Waals surface area contributed by atoms with Gasteiger partial charge in [-0.25, -0.2) is 0 Å². The van der Waals surface area contributed by atoms with Crippen molar-refractivity contribution in [2.45, 2.75) is 45.7 Å². The molecule has 4 nitrogen and oxygen atoms in total. The van der Waals surface area contributed by atoms with Crippen LogP contribution < -0.4 is 11.1 Å². The summed E-state index contributed by atoms with van der Waals surface area (Å²) in [5, 5.41) is 2.73. The molecule has 1 amide bonds. The zero-order valence-corrected chi connectivity index (χ0v) is 8.46. The number of nitrogens with two attached hydrogens (primary N) is 1. The summed E-state index contributed by atoms with van der Waals surface area (Å²) in [5.41, 5.74) is 5.47. The van der Waals surface area contributed by atoms with Gasteiger partial charge in [-0.05, 0) is 27.2 Å². The summed E-state index contributed by atoms with van der Waals surface area (Å²) < 4.78 is 0. The summed E-state index contributed by atoms with van der Waals surface area (Å²) in [5.74, 6) is -0.121. The largest absolute Gasteiger partial charge is 0.354 e. The number of rotatable bonds is 5. The molecular formula is C9H18N2O2. The van der Waals surface area contributed by atoms with Gasteiger partial charge < -0.3 is 11.1 Å². The van der Waals surface area contributed by atoms with Crippen LogP contribution in [0.4, 0.5) is 0 Å². The van der Waals surface area contributed by atoms with Crippen LogP contribution in [0.5, 0.6) is 0 Å². The van der Waals surface area contributed by atoms with Crippen molar-refractivity contribution >= 4 is 11.7 Å². The first-order valence-corrected chi connectivity index (χ1v) is 4.49. The maximum Gasteiger partial charge on any atom is 0.220 e. The molecule has 0 aromatic heterocycles. The van der Waals surface area contributed by atoms with Gasteiger partial charge in [0, 0.05) is 12.5 Å². The van der Waals surface area contributed by atoms with Crippen LogP contribution in [0.3, 0.4) is 0 Å². The Labute approximate surface area is 78.9 Å². The fourth-order valence-electron chi connectivity index (χ4n) is 0.884. The summed E-state index contributed by atoms with van der Waals surface area (Å²) in [4.78, 5) is 21.8. The van der Waals surface area contributed by atoms with E-state index in [1.54, 1.807) is 0 Å². The molecule has 0 heterocycles. The molecule has 0 aromatic carbocycles. The van der Waals surface area contributed by atoms with Gasteiger partial charge in [-0.3, -0.25) is 9.59 Å². The molecule has 0 aromatic rings. The van der Waals surface area contributed by atoms with E-state index in [0.717, 1.165) is 0 Å². The van der Waals surface area contributed by atoms with E-state index in [2.05, 4.69) is 5.32 Å². The third kappa shape index (κ3) is 6.28. The molecule has 0 saturated carbocycles. The molecule has 76 valence electrons. The molecular weight excluding hydrogens is 168 g/mol. The molecule has 3 N–H and O–H groups in total. The maximum absolute atomic E-state index is 11.1. The first-order valence-electron chi connectivity index (χ1n) is 4.49. The third-order valence-electron chi connectivity index (χ3n) is 1.65. The van der Waals surface area contributed by atoms with E-state index < -0.39 is 6.04 Å². The minimum atomic E-state index is -0.502. The molecule has 1 atom stereocenters. The lowest BCUT2D eigenvalue weighted by atomic mass is 10.1. The number of carbonyl (C=O) groups excluding carboxylic acids is 2. The van der Waals surface area contributed by atoms with Crippen LogP contribution in [0, 0.1) is 0 Å². The Morgan fingerprint density at radius 1 is 1.38 bits per heavy atom. The Bertz CT molecular complexity index is 190. The number of hydrogen-bond donors (Lipinski definition) is 2. The molecule has 0 aliphatic carbocycles. The summed E-state index contributed by atoms with van der Waals surface area (Å²) in [6.07, 6.45) is 0.743. The molecule has 0 radical (unpaired) electrons. The van der Waals surface area contributed by atoms with Crippen LogP contribution in [0.25, 0.3) is 0 Å². The van der Waals surface area contributed by atoms with E-state index in [9.17, 15) is 9.59 Å².